The van der Waals surface area contributed by atoms with Gasteiger partial charge in [0.2, 0.25) is 0 Å². The fourth-order valence-electron chi connectivity index (χ4n) is 3.01. The molecule has 9 heteroatoms. The van der Waals surface area contributed by atoms with E-state index < -0.39 is 11.9 Å². The molecule has 0 atom stereocenters. The lowest BCUT2D eigenvalue weighted by Gasteiger charge is -2.13. The van der Waals surface area contributed by atoms with Crippen LogP contribution in [0.5, 0.6) is 5.75 Å². The maximum absolute atomic E-state index is 12.8. The van der Waals surface area contributed by atoms with Gasteiger partial charge in [-0.1, -0.05) is 0 Å². The number of hydrogen-bond donors (Lipinski definition) is 1. The Morgan fingerprint density at radius 1 is 1.12 bits per heavy atom. The van der Waals surface area contributed by atoms with E-state index in [-0.39, 0.29) is 17.4 Å². The molecule has 3 rings (SSSR count). The van der Waals surface area contributed by atoms with Crippen LogP contribution in [0, 0.1) is 6.92 Å². The number of ether oxygens (including phenoxy) is 1. The average molecular weight is 367 g/mol. The molecule has 3 aromatic rings. The van der Waals surface area contributed by atoms with Crippen LogP contribution < -0.4 is 15.9 Å². The third kappa shape index (κ3) is 3.12. The Kier molecular flexibility index (Phi) is 4.17. The number of aryl methyl sites for hydroxylation is 1. The molecular weight excluding hydrogens is 351 g/mol. The van der Waals surface area contributed by atoms with Crippen molar-refractivity contribution in [2.75, 3.05) is 0 Å². The topological polar surface area (TPSA) is 69.0 Å². The van der Waals surface area contributed by atoms with Crippen LogP contribution >= 0.6 is 0 Å². The highest BCUT2D eigenvalue weighted by Gasteiger charge is 2.31. The number of H-pyrrole nitrogens is 1. The number of alkyl halides is 3. The van der Waals surface area contributed by atoms with Gasteiger partial charge in [-0.05, 0) is 45.0 Å². The zero-order valence-corrected chi connectivity index (χ0v) is 14.2. The van der Waals surface area contributed by atoms with E-state index in [1.54, 1.807) is 6.92 Å². The van der Waals surface area contributed by atoms with Crippen LogP contribution in [0.1, 0.15) is 25.6 Å². The Morgan fingerprint density at radius 2 is 1.73 bits per heavy atom. The molecule has 1 aromatic carbocycles. The zero-order valence-electron chi connectivity index (χ0n) is 14.2. The van der Waals surface area contributed by atoms with Crippen molar-refractivity contribution in [2.45, 2.75) is 33.2 Å². The summed E-state index contributed by atoms with van der Waals surface area (Å²) in [5, 5.41) is 3.18. The van der Waals surface area contributed by atoms with Crippen LogP contribution in [0.2, 0.25) is 0 Å². The van der Waals surface area contributed by atoms with Crippen LogP contribution in [0.15, 0.2) is 39.9 Å². The van der Waals surface area contributed by atoms with Crippen molar-refractivity contribution < 1.29 is 17.9 Å². The Balaban J connectivity index is 2.12. The van der Waals surface area contributed by atoms with E-state index in [0.29, 0.717) is 22.3 Å². The predicted octanol–water partition coefficient (Wildman–Crippen LogP) is 3.27. The second-order valence-corrected chi connectivity index (χ2v) is 6.11. The summed E-state index contributed by atoms with van der Waals surface area (Å²) in [6, 6.07) is 6.08. The fourth-order valence-corrected chi connectivity index (χ4v) is 3.01. The molecule has 0 bridgehead atoms. The summed E-state index contributed by atoms with van der Waals surface area (Å²) >= 11 is 0. The molecule has 6 nitrogen and oxygen atoms in total. The van der Waals surface area contributed by atoms with Crippen molar-refractivity contribution in [1.29, 1.82) is 0 Å². The van der Waals surface area contributed by atoms with Crippen LogP contribution in [-0.4, -0.2) is 20.7 Å². The van der Waals surface area contributed by atoms with Crippen LogP contribution in [0.4, 0.5) is 13.2 Å². The molecule has 0 radical (unpaired) electrons. The van der Waals surface area contributed by atoms with E-state index in [0.717, 1.165) is 12.1 Å². The van der Waals surface area contributed by atoms with Crippen LogP contribution in [0.3, 0.4) is 0 Å². The van der Waals surface area contributed by atoms with E-state index in [1.165, 1.54) is 27.4 Å². The first kappa shape index (κ1) is 17.8. The minimum atomic E-state index is -4.79. The molecule has 0 fully saturated rings. The van der Waals surface area contributed by atoms with Gasteiger partial charge in [-0.3, -0.25) is 14.7 Å². The highest BCUT2D eigenvalue weighted by Crippen LogP contribution is 2.23. The number of nitrogens with one attached hydrogen (secondary N) is 1. The number of aromatic nitrogens is 3. The Bertz CT molecular complexity index is 1070. The average Bonchev–Trinajstić information content (AvgIpc) is 2.83. The molecule has 0 aliphatic heterocycles. The van der Waals surface area contributed by atoms with Gasteiger partial charge in [0.15, 0.2) is 0 Å². The molecule has 0 aliphatic rings. The molecule has 1 N–H and O–H groups in total. The first-order chi connectivity index (χ1) is 12.1. The lowest BCUT2D eigenvalue weighted by atomic mass is 10.2. The molecule has 2 heterocycles. The molecule has 0 unspecified atom stereocenters. The number of rotatable bonds is 3. The highest BCUT2D eigenvalue weighted by molar-refractivity contribution is 5.80. The zero-order chi connectivity index (χ0) is 19.2. The molecule has 0 saturated carbocycles. The van der Waals surface area contributed by atoms with Gasteiger partial charge in [0.25, 0.3) is 11.1 Å². The quantitative estimate of drug-likeness (QED) is 0.773. The lowest BCUT2D eigenvalue weighted by Crippen LogP contribution is -2.24. The van der Waals surface area contributed by atoms with Crippen molar-refractivity contribution in [3.63, 3.8) is 0 Å². The number of pyridine rings is 1. The second-order valence-electron chi connectivity index (χ2n) is 6.11. The third-order valence-electron chi connectivity index (χ3n) is 3.99. The molecular formula is C17H16F3N3O3. The highest BCUT2D eigenvalue weighted by atomic mass is 19.4. The molecule has 0 amide bonds. The number of fused-ring (bicyclic) bond motifs is 1. The monoisotopic (exact) mass is 367 g/mol. The fraction of sp³-hybridized carbons (Fsp3) is 0.294. The van der Waals surface area contributed by atoms with Crippen molar-refractivity contribution in [3.05, 3.63) is 56.7 Å². The minimum absolute atomic E-state index is 0.117. The molecule has 0 saturated heterocycles. The summed E-state index contributed by atoms with van der Waals surface area (Å²) in [5.74, 6) is -0.388. The van der Waals surface area contributed by atoms with Gasteiger partial charge in [-0.15, -0.1) is 13.2 Å². The van der Waals surface area contributed by atoms with Crippen molar-refractivity contribution in [2.24, 2.45) is 0 Å². The SMILES string of the molecule is Cc1c2c(=O)n(-c3ccc(OC(F)(F)F)cc3)[nH]c2cc(=O)n1C(C)C. The number of nitrogens with zero attached hydrogens (tertiary/aromatic N) is 2. The van der Waals surface area contributed by atoms with E-state index in [9.17, 15) is 22.8 Å². The Hall–Kier alpha value is -2.97. The van der Waals surface area contributed by atoms with Crippen molar-refractivity contribution in [3.8, 4) is 11.4 Å². The van der Waals surface area contributed by atoms with Crippen molar-refractivity contribution in [1.82, 2.24) is 14.3 Å². The maximum Gasteiger partial charge on any atom is 0.573 e. The van der Waals surface area contributed by atoms with Gasteiger partial charge >= 0.3 is 6.36 Å². The van der Waals surface area contributed by atoms with Crippen molar-refractivity contribution >= 4 is 10.9 Å². The van der Waals surface area contributed by atoms with Crippen LogP contribution in [-0.2, 0) is 0 Å². The summed E-state index contributed by atoms with van der Waals surface area (Å²) in [5.41, 5.74) is 0.580. The summed E-state index contributed by atoms with van der Waals surface area (Å²) in [6.45, 7) is 5.36. The van der Waals surface area contributed by atoms with E-state index in [4.69, 9.17) is 0 Å². The summed E-state index contributed by atoms with van der Waals surface area (Å²) in [6.07, 6.45) is -4.79. The van der Waals surface area contributed by atoms with Gasteiger partial charge in [-0.25, -0.2) is 4.68 Å². The second kappa shape index (κ2) is 6.08. The normalized spacial score (nSPS) is 12.1. The lowest BCUT2D eigenvalue weighted by molar-refractivity contribution is -0.274. The van der Waals surface area contributed by atoms with E-state index >= 15 is 0 Å². The number of aromatic amines is 1. The van der Waals surface area contributed by atoms with Gasteiger partial charge in [0, 0.05) is 17.8 Å². The van der Waals surface area contributed by atoms with Gasteiger partial charge < -0.3 is 9.30 Å². The molecule has 0 aliphatic carbocycles. The van der Waals surface area contributed by atoms with Gasteiger partial charge in [-0.2, -0.15) is 0 Å². The molecule has 2 aromatic heterocycles. The predicted molar refractivity (Wildman–Crippen MR) is 90.0 cm³/mol. The Morgan fingerprint density at radius 3 is 2.27 bits per heavy atom. The minimum Gasteiger partial charge on any atom is -0.406 e. The smallest absolute Gasteiger partial charge is 0.406 e. The maximum atomic E-state index is 12.8. The summed E-state index contributed by atoms with van der Waals surface area (Å²) in [4.78, 5) is 25.0. The van der Waals surface area contributed by atoms with Gasteiger partial charge in [0.05, 0.1) is 16.6 Å². The molecule has 26 heavy (non-hydrogen) atoms. The molecule has 138 valence electrons. The number of hydrogen-bond acceptors (Lipinski definition) is 3. The standard InChI is InChI=1S/C17H16F3N3O3/c1-9(2)22-10(3)15-13(8-14(22)24)21-23(16(15)25)11-4-6-12(7-5-11)26-17(18,19)20/h4-9,21H,1-3H3. The van der Waals surface area contributed by atoms with E-state index in [1.807, 2.05) is 13.8 Å². The summed E-state index contributed by atoms with van der Waals surface area (Å²) in [7, 11) is 0. The first-order valence-corrected chi connectivity index (χ1v) is 7.81. The van der Waals surface area contributed by atoms with Gasteiger partial charge in [0.1, 0.15) is 5.75 Å². The van der Waals surface area contributed by atoms with E-state index in [2.05, 4.69) is 9.84 Å². The van der Waals surface area contributed by atoms with Crippen LogP contribution in [0.25, 0.3) is 16.6 Å². The third-order valence-corrected chi connectivity index (χ3v) is 3.99. The molecule has 0 spiro atoms. The number of halogens is 3. The largest absolute Gasteiger partial charge is 0.573 e. The number of benzene rings is 1. The Labute approximate surface area is 145 Å². The summed E-state index contributed by atoms with van der Waals surface area (Å²) < 4.78 is 43.2. The first-order valence-electron chi connectivity index (χ1n) is 7.81.